The molecule has 0 fully saturated rings. The molecule has 5 nitrogen and oxygen atoms in total. The molecule has 1 aromatic carbocycles. The number of nitrogens with zero attached hydrogens (tertiary/aromatic N) is 2. The van der Waals surface area contributed by atoms with Crippen molar-refractivity contribution in [3.8, 4) is 0 Å². The lowest BCUT2D eigenvalue weighted by Gasteiger charge is -2.06. The number of pyridine rings is 1. The van der Waals surface area contributed by atoms with Crippen molar-refractivity contribution in [1.82, 2.24) is 4.98 Å². The second-order valence-electron chi connectivity index (χ2n) is 3.74. The van der Waals surface area contributed by atoms with Crippen molar-refractivity contribution in [2.75, 3.05) is 5.32 Å². The molecule has 0 unspecified atom stereocenters. The van der Waals surface area contributed by atoms with E-state index in [2.05, 4.69) is 26.2 Å². The first-order chi connectivity index (χ1) is 9.06. The van der Waals surface area contributed by atoms with E-state index in [1.54, 1.807) is 30.3 Å². The molecule has 98 valence electrons. The van der Waals surface area contributed by atoms with Crippen molar-refractivity contribution in [3.05, 3.63) is 61.7 Å². The maximum Gasteiger partial charge on any atom is 0.283 e. The molecule has 7 heteroatoms. The van der Waals surface area contributed by atoms with Crippen LogP contribution in [0.3, 0.4) is 0 Å². The Balaban J connectivity index is 2.12. The van der Waals surface area contributed by atoms with Gasteiger partial charge in [0.25, 0.3) is 5.69 Å². The van der Waals surface area contributed by atoms with E-state index in [-0.39, 0.29) is 5.69 Å². The molecule has 0 aliphatic carbocycles. The summed E-state index contributed by atoms with van der Waals surface area (Å²) in [5, 5.41) is 14.3. The number of hydrogen-bond donors (Lipinski definition) is 1. The van der Waals surface area contributed by atoms with Crippen LogP contribution in [0.1, 0.15) is 5.56 Å². The highest BCUT2D eigenvalue weighted by molar-refractivity contribution is 9.10. The van der Waals surface area contributed by atoms with Gasteiger partial charge in [-0.25, -0.2) is 4.98 Å². The van der Waals surface area contributed by atoms with Gasteiger partial charge in [-0.15, -0.1) is 0 Å². The molecular formula is C12H9BrClN3O2. The summed E-state index contributed by atoms with van der Waals surface area (Å²) in [5.74, 6) is 0.623. The minimum atomic E-state index is -0.425. The molecule has 1 N–H and O–H groups in total. The van der Waals surface area contributed by atoms with Gasteiger partial charge >= 0.3 is 0 Å². The van der Waals surface area contributed by atoms with E-state index in [0.29, 0.717) is 22.0 Å². The Hall–Kier alpha value is -1.66. The number of halogens is 2. The molecule has 2 aromatic rings. The molecule has 0 spiro atoms. The van der Waals surface area contributed by atoms with Gasteiger partial charge in [-0.1, -0.05) is 23.7 Å². The molecule has 19 heavy (non-hydrogen) atoms. The third kappa shape index (κ3) is 3.65. The topological polar surface area (TPSA) is 68.1 Å². The molecule has 0 aliphatic heterocycles. The fourth-order valence-electron chi connectivity index (χ4n) is 1.51. The predicted octanol–water partition coefficient (Wildman–Crippen LogP) is 4.02. The number of nitrogens with one attached hydrogen (secondary N) is 1. The number of rotatable bonds is 4. The van der Waals surface area contributed by atoms with Crippen LogP contribution < -0.4 is 5.32 Å². The Bertz CT molecular complexity index is 622. The first-order valence-electron chi connectivity index (χ1n) is 5.35. The first kappa shape index (κ1) is 13.8. The molecule has 0 radical (unpaired) electrons. The van der Waals surface area contributed by atoms with Crippen molar-refractivity contribution in [1.29, 1.82) is 0 Å². The summed E-state index contributed by atoms with van der Waals surface area (Å²) in [6.07, 6.45) is 0. The fourth-order valence-corrected chi connectivity index (χ4v) is 2.06. The van der Waals surface area contributed by atoms with Gasteiger partial charge in [0.15, 0.2) is 0 Å². The molecule has 2 rings (SSSR count). The molecule has 1 aromatic heterocycles. The number of nitro benzene ring substituents is 1. The summed E-state index contributed by atoms with van der Waals surface area (Å²) < 4.78 is 0.460. The van der Waals surface area contributed by atoms with Gasteiger partial charge < -0.3 is 5.32 Å². The van der Waals surface area contributed by atoms with E-state index in [1.807, 2.05) is 0 Å². The summed E-state index contributed by atoms with van der Waals surface area (Å²) in [4.78, 5) is 14.5. The Kier molecular flexibility index (Phi) is 4.34. The van der Waals surface area contributed by atoms with Gasteiger partial charge in [0.05, 0.1) is 9.40 Å². The molecule has 1 heterocycles. The van der Waals surface area contributed by atoms with E-state index in [4.69, 9.17) is 11.6 Å². The van der Waals surface area contributed by atoms with Crippen molar-refractivity contribution >= 4 is 39.0 Å². The minimum absolute atomic E-state index is 0.0401. The average molecular weight is 343 g/mol. The van der Waals surface area contributed by atoms with Gasteiger partial charge in [0.2, 0.25) is 0 Å². The normalized spacial score (nSPS) is 10.2. The van der Waals surface area contributed by atoms with Crippen molar-refractivity contribution in [3.63, 3.8) is 0 Å². The largest absolute Gasteiger partial charge is 0.366 e. The third-order valence-corrected chi connectivity index (χ3v) is 3.28. The van der Waals surface area contributed by atoms with Crippen LogP contribution in [0.25, 0.3) is 0 Å². The number of anilines is 1. The van der Waals surface area contributed by atoms with Gasteiger partial charge in [-0.05, 0) is 39.7 Å². The van der Waals surface area contributed by atoms with Gasteiger partial charge in [0.1, 0.15) is 11.0 Å². The number of benzene rings is 1. The van der Waals surface area contributed by atoms with Crippen LogP contribution in [0.15, 0.2) is 40.9 Å². The fraction of sp³-hybridized carbons (Fsp3) is 0.0833. The van der Waals surface area contributed by atoms with Gasteiger partial charge in [0, 0.05) is 12.6 Å². The van der Waals surface area contributed by atoms with Gasteiger partial charge in [-0.3, -0.25) is 10.1 Å². The van der Waals surface area contributed by atoms with Crippen LogP contribution in [0.4, 0.5) is 11.5 Å². The van der Waals surface area contributed by atoms with Crippen LogP contribution in [-0.4, -0.2) is 9.91 Å². The van der Waals surface area contributed by atoms with Crippen LogP contribution in [0.5, 0.6) is 0 Å². The lowest BCUT2D eigenvalue weighted by Crippen LogP contribution is -2.02. The number of nitro groups is 1. The monoisotopic (exact) mass is 341 g/mol. The van der Waals surface area contributed by atoms with Crippen LogP contribution in [0, 0.1) is 10.1 Å². The summed E-state index contributed by atoms with van der Waals surface area (Å²) in [7, 11) is 0. The lowest BCUT2D eigenvalue weighted by atomic mass is 10.2. The average Bonchev–Trinajstić information content (AvgIpc) is 2.37. The predicted molar refractivity (Wildman–Crippen MR) is 77.4 cm³/mol. The highest BCUT2D eigenvalue weighted by Crippen LogP contribution is 2.25. The molecule has 0 aliphatic rings. The zero-order valence-corrected chi connectivity index (χ0v) is 12.0. The van der Waals surface area contributed by atoms with Crippen LogP contribution in [0.2, 0.25) is 5.15 Å². The summed E-state index contributed by atoms with van der Waals surface area (Å²) in [5.41, 5.74) is 0.829. The van der Waals surface area contributed by atoms with Crippen molar-refractivity contribution in [2.24, 2.45) is 0 Å². The molecule has 0 atom stereocenters. The van der Waals surface area contributed by atoms with E-state index in [9.17, 15) is 10.1 Å². The van der Waals surface area contributed by atoms with Crippen molar-refractivity contribution < 1.29 is 4.92 Å². The smallest absolute Gasteiger partial charge is 0.283 e. The second-order valence-corrected chi connectivity index (χ2v) is 4.98. The standard InChI is InChI=1S/C12H9BrClN3O2/c13-9-5-4-8(6-10(9)17(18)19)7-15-12-3-1-2-11(14)16-12/h1-6H,7H2,(H,15,16). The summed E-state index contributed by atoms with van der Waals surface area (Å²) >= 11 is 8.91. The van der Waals surface area contributed by atoms with E-state index < -0.39 is 4.92 Å². The van der Waals surface area contributed by atoms with Crippen molar-refractivity contribution in [2.45, 2.75) is 6.54 Å². The minimum Gasteiger partial charge on any atom is -0.366 e. The third-order valence-electron chi connectivity index (χ3n) is 2.40. The summed E-state index contributed by atoms with van der Waals surface area (Å²) in [6, 6.07) is 10.2. The molecule has 0 saturated heterocycles. The highest BCUT2D eigenvalue weighted by Gasteiger charge is 2.12. The highest BCUT2D eigenvalue weighted by atomic mass is 79.9. The summed E-state index contributed by atoms with van der Waals surface area (Å²) in [6.45, 7) is 0.432. The Morgan fingerprint density at radius 3 is 2.84 bits per heavy atom. The zero-order chi connectivity index (χ0) is 13.8. The van der Waals surface area contributed by atoms with Crippen LogP contribution in [-0.2, 0) is 6.54 Å². The maximum atomic E-state index is 10.8. The first-order valence-corrected chi connectivity index (χ1v) is 6.52. The van der Waals surface area contributed by atoms with Crippen LogP contribution >= 0.6 is 27.5 Å². The maximum absolute atomic E-state index is 10.8. The lowest BCUT2D eigenvalue weighted by molar-refractivity contribution is -0.385. The Morgan fingerprint density at radius 1 is 1.37 bits per heavy atom. The quantitative estimate of drug-likeness (QED) is 0.518. The SMILES string of the molecule is O=[N+]([O-])c1cc(CNc2cccc(Cl)n2)ccc1Br. The second kappa shape index (κ2) is 5.99. The van der Waals surface area contributed by atoms with E-state index >= 15 is 0 Å². The molecule has 0 amide bonds. The molecule has 0 bridgehead atoms. The zero-order valence-electron chi connectivity index (χ0n) is 9.64. The molecular weight excluding hydrogens is 334 g/mol. The number of aromatic nitrogens is 1. The van der Waals surface area contributed by atoms with E-state index in [0.717, 1.165) is 5.56 Å². The van der Waals surface area contributed by atoms with E-state index in [1.165, 1.54) is 6.07 Å². The molecule has 0 saturated carbocycles. The Morgan fingerprint density at radius 2 is 2.16 bits per heavy atom. The number of hydrogen-bond acceptors (Lipinski definition) is 4. The Labute approximate surface area is 122 Å². The van der Waals surface area contributed by atoms with Gasteiger partial charge in [-0.2, -0.15) is 0 Å².